The predicted octanol–water partition coefficient (Wildman–Crippen LogP) is 5.62. The number of hydrogen-bond acceptors (Lipinski definition) is 5. The highest BCUT2D eigenvalue weighted by Crippen LogP contribution is 2.66. The number of likely N-dealkylation sites (tertiary alicyclic amines) is 1. The summed E-state index contributed by atoms with van der Waals surface area (Å²) in [6.07, 6.45) is 2.42. The lowest BCUT2D eigenvalue weighted by atomic mass is 9.48. The monoisotopic (exact) mass is 596 g/mol. The van der Waals surface area contributed by atoms with E-state index < -0.39 is 28.9 Å². The lowest BCUT2D eigenvalue weighted by molar-refractivity contribution is -0.199. The molecule has 2 aliphatic heterocycles. The highest BCUT2D eigenvalue weighted by molar-refractivity contribution is 5.92. The van der Waals surface area contributed by atoms with Crippen molar-refractivity contribution in [2.45, 2.75) is 74.9 Å². The molecule has 230 valence electrons. The van der Waals surface area contributed by atoms with Gasteiger partial charge in [-0.2, -0.15) is 13.2 Å². The van der Waals surface area contributed by atoms with Gasteiger partial charge in [0.05, 0.1) is 29.7 Å². The first-order valence-electron chi connectivity index (χ1n) is 15.0. The summed E-state index contributed by atoms with van der Waals surface area (Å²) in [4.78, 5) is 18.1. The third-order valence-electron chi connectivity index (χ3n) is 10.0. The summed E-state index contributed by atoms with van der Waals surface area (Å²) >= 11 is 0. The van der Waals surface area contributed by atoms with Crippen molar-refractivity contribution in [3.05, 3.63) is 77.4 Å². The van der Waals surface area contributed by atoms with Crippen LogP contribution >= 0.6 is 0 Å². The Hall–Kier alpha value is -3.30. The maximum Gasteiger partial charge on any atom is 0.416 e. The van der Waals surface area contributed by atoms with E-state index in [2.05, 4.69) is 17.5 Å². The number of ether oxygens (including phenoxy) is 2. The Morgan fingerprint density at radius 1 is 1.23 bits per heavy atom. The first-order chi connectivity index (χ1) is 20.4. The molecule has 4 aliphatic rings. The Morgan fingerprint density at radius 3 is 2.63 bits per heavy atom. The van der Waals surface area contributed by atoms with E-state index in [0.29, 0.717) is 55.8 Å². The van der Waals surface area contributed by atoms with Crippen LogP contribution in [0.3, 0.4) is 0 Å². The molecule has 43 heavy (non-hydrogen) atoms. The second-order valence-corrected chi connectivity index (χ2v) is 12.8. The van der Waals surface area contributed by atoms with Crippen LogP contribution < -0.4 is 9.47 Å². The van der Waals surface area contributed by atoms with E-state index in [-0.39, 0.29) is 23.9 Å². The van der Waals surface area contributed by atoms with Crippen LogP contribution in [0.1, 0.15) is 55.4 Å². The van der Waals surface area contributed by atoms with Crippen molar-refractivity contribution in [2.24, 2.45) is 5.92 Å². The van der Waals surface area contributed by atoms with Crippen molar-refractivity contribution in [1.29, 1.82) is 0 Å². The standard InChI is InChI=1S/C34H39F3N2O4/c1-5-17-38-18-16-32-29-23-9-12-26(42-4)30(29)43-31(32)25(14-15-33(32,41)27(38)19-23)39(20-21(2)3)28(40)13-8-22-6-10-24(11-7-22)34(35,36)37/h5-13,21,25,27,31,41H,1,14-20H2,2-4H3/t25-,27-,31+,32+,33-/m1/s1. The van der Waals surface area contributed by atoms with Gasteiger partial charge in [0.15, 0.2) is 11.5 Å². The fraction of sp³-hybridized carbons (Fsp3) is 0.500. The van der Waals surface area contributed by atoms with Crippen molar-refractivity contribution in [3.8, 4) is 11.5 Å². The predicted molar refractivity (Wildman–Crippen MR) is 158 cm³/mol. The van der Waals surface area contributed by atoms with Crippen molar-refractivity contribution < 1.29 is 32.5 Å². The van der Waals surface area contributed by atoms with E-state index in [0.717, 1.165) is 29.8 Å². The summed E-state index contributed by atoms with van der Waals surface area (Å²) < 4.78 is 51.7. The third kappa shape index (κ3) is 4.58. The molecular formula is C34H39F3N2O4. The molecule has 2 aromatic rings. The van der Waals surface area contributed by atoms with E-state index in [4.69, 9.17) is 9.47 Å². The summed E-state index contributed by atoms with van der Waals surface area (Å²) in [6, 6.07) is 8.36. The molecule has 1 amide bonds. The summed E-state index contributed by atoms with van der Waals surface area (Å²) in [5.74, 6) is 1.22. The molecule has 2 heterocycles. The minimum atomic E-state index is -4.42. The van der Waals surface area contributed by atoms with Crippen molar-refractivity contribution in [1.82, 2.24) is 9.80 Å². The number of hydrogen-bond donors (Lipinski definition) is 1. The van der Waals surface area contributed by atoms with Crippen LogP contribution in [0.5, 0.6) is 11.5 Å². The average molecular weight is 597 g/mol. The van der Waals surface area contributed by atoms with Crippen molar-refractivity contribution >= 4 is 12.0 Å². The maximum absolute atomic E-state index is 13.9. The molecule has 6 rings (SSSR count). The lowest BCUT2D eigenvalue weighted by Crippen LogP contribution is -2.78. The van der Waals surface area contributed by atoms with E-state index in [9.17, 15) is 23.1 Å². The molecule has 2 aromatic carbocycles. The Bertz CT molecular complexity index is 1440. The molecule has 2 fully saturated rings. The second kappa shape index (κ2) is 10.7. The zero-order chi connectivity index (χ0) is 30.7. The van der Waals surface area contributed by atoms with Crippen LogP contribution in [0, 0.1) is 5.92 Å². The molecule has 0 aromatic heterocycles. The number of carbonyl (C=O) groups is 1. The molecule has 1 N–H and O–H groups in total. The summed E-state index contributed by atoms with van der Waals surface area (Å²) in [5, 5.41) is 12.7. The Kier molecular flexibility index (Phi) is 7.40. The fourth-order valence-corrected chi connectivity index (χ4v) is 8.29. The third-order valence-corrected chi connectivity index (χ3v) is 10.0. The highest BCUT2D eigenvalue weighted by atomic mass is 19.4. The second-order valence-electron chi connectivity index (χ2n) is 12.8. The largest absolute Gasteiger partial charge is 0.493 e. The number of rotatable bonds is 8. The lowest BCUT2D eigenvalue weighted by Gasteiger charge is -2.64. The van der Waals surface area contributed by atoms with Crippen LogP contribution in [0.15, 0.2) is 55.1 Å². The summed E-state index contributed by atoms with van der Waals surface area (Å²) in [7, 11) is 1.61. The number of halogens is 3. The van der Waals surface area contributed by atoms with Crippen molar-refractivity contribution in [3.63, 3.8) is 0 Å². The van der Waals surface area contributed by atoms with E-state index >= 15 is 0 Å². The minimum absolute atomic E-state index is 0.105. The number of alkyl halides is 3. The van der Waals surface area contributed by atoms with Gasteiger partial charge in [-0.05, 0) is 73.5 Å². The van der Waals surface area contributed by atoms with Gasteiger partial charge in [-0.1, -0.05) is 38.1 Å². The molecule has 0 radical (unpaired) electrons. The topological polar surface area (TPSA) is 62.2 Å². The zero-order valence-corrected chi connectivity index (χ0v) is 24.9. The van der Waals surface area contributed by atoms with E-state index in [1.807, 2.05) is 30.9 Å². The molecule has 6 nitrogen and oxygen atoms in total. The normalized spacial score (nSPS) is 29.3. The van der Waals surface area contributed by atoms with Gasteiger partial charge in [-0.25, -0.2) is 0 Å². The summed E-state index contributed by atoms with van der Waals surface area (Å²) in [6.45, 7) is 9.98. The number of aliphatic hydroxyl groups is 1. The van der Waals surface area contributed by atoms with Gasteiger partial charge in [0.1, 0.15) is 6.10 Å². The molecule has 0 unspecified atom stereocenters. The summed E-state index contributed by atoms with van der Waals surface area (Å²) in [5.41, 5.74) is 0.183. The number of methoxy groups -OCH3 is 1. The fourth-order valence-electron chi connectivity index (χ4n) is 8.29. The van der Waals surface area contributed by atoms with Crippen LogP contribution in [-0.4, -0.2) is 71.3 Å². The van der Waals surface area contributed by atoms with Gasteiger partial charge in [-0.15, -0.1) is 6.58 Å². The Labute approximate surface area is 250 Å². The van der Waals surface area contributed by atoms with Gasteiger partial charge < -0.3 is 19.5 Å². The Morgan fingerprint density at radius 2 is 1.98 bits per heavy atom. The first kappa shape index (κ1) is 29.8. The molecule has 5 atom stereocenters. The van der Waals surface area contributed by atoms with Crippen LogP contribution in [0.2, 0.25) is 0 Å². The number of benzene rings is 2. The van der Waals surface area contributed by atoms with E-state index in [1.165, 1.54) is 18.2 Å². The number of carbonyl (C=O) groups excluding carboxylic acids is 1. The van der Waals surface area contributed by atoms with E-state index in [1.54, 1.807) is 13.2 Å². The molecule has 1 saturated carbocycles. The number of piperidine rings is 1. The van der Waals surface area contributed by atoms with Gasteiger partial charge in [-0.3, -0.25) is 9.69 Å². The molecule has 1 saturated heterocycles. The van der Waals surface area contributed by atoms with Crippen LogP contribution in [0.4, 0.5) is 13.2 Å². The number of nitrogens with zero attached hydrogens (tertiary/aromatic N) is 2. The number of amides is 1. The highest BCUT2D eigenvalue weighted by Gasteiger charge is 2.73. The van der Waals surface area contributed by atoms with Crippen LogP contribution in [-0.2, 0) is 22.8 Å². The van der Waals surface area contributed by atoms with Crippen LogP contribution in [0.25, 0.3) is 6.08 Å². The molecule has 2 bridgehead atoms. The average Bonchev–Trinajstić information content (AvgIpc) is 3.31. The Balaban J connectivity index is 1.38. The first-order valence-corrected chi connectivity index (χ1v) is 15.0. The van der Waals surface area contributed by atoms with Gasteiger partial charge in [0, 0.05) is 30.8 Å². The van der Waals surface area contributed by atoms with Gasteiger partial charge >= 0.3 is 6.18 Å². The smallest absolute Gasteiger partial charge is 0.416 e. The SMILES string of the molecule is C=CCN1CC[C@]23c4c5ccc(OC)c4O[C@H]2[C@H](N(CC(C)C)C(=O)C=Cc2ccc(C(F)(F)F)cc2)CC[C@@]3(O)[C@H]1C5. The molecule has 1 spiro atoms. The van der Waals surface area contributed by atoms with Gasteiger partial charge in [0.2, 0.25) is 5.91 Å². The molecular weight excluding hydrogens is 557 g/mol. The molecule has 9 heteroatoms. The maximum atomic E-state index is 13.9. The minimum Gasteiger partial charge on any atom is -0.493 e. The molecule has 2 aliphatic carbocycles. The van der Waals surface area contributed by atoms with Crippen molar-refractivity contribution in [2.75, 3.05) is 26.7 Å². The quantitative estimate of drug-likeness (QED) is 0.317. The van der Waals surface area contributed by atoms with Gasteiger partial charge in [0.25, 0.3) is 0 Å². The zero-order valence-electron chi connectivity index (χ0n) is 24.9.